The van der Waals surface area contributed by atoms with E-state index in [4.69, 9.17) is 16.3 Å². The van der Waals surface area contributed by atoms with Gasteiger partial charge in [0.05, 0.1) is 16.8 Å². The lowest BCUT2D eigenvalue weighted by Crippen LogP contribution is -2.22. The Hall–Kier alpha value is -3.00. The van der Waals surface area contributed by atoms with E-state index in [0.717, 1.165) is 6.07 Å². The van der Waals surface area contributed by atoms with E-state index in [1.54, 1.807) is 24.3 Å². The Morgan fingerprint density at radius 2 is 1.89 bits per heavy atom. The molecule has 0 radical (unpaired) electrons. The van der Waals surface area contributed by atoms with Crippen LogP contribution in [-0.2, 0) is 15.7 Å². The number of esters is 1. The number of fused-ring (bicyclic) bond motifs is 1. The molecule has 3 rings (SSSR count). The average Bonchev–Trinajstić information content (AvgIpc) is 3.04. The van der Waals surface area contributed by atoms with Gasteiger partial charge in [-0.1, -0.05) is 29.8 Å². The number of carbonyl (C=O) groups is 2. The maximum atomic E-state index is 13.0. The fraction of sp³-hybridized carbons (Fsp3) is 0.111. The zero-order chi connectivity index (χ0) is 19.6. The molecule has 0 saturated heterocycles. The number of para-hydroxylation sites is 1. The number of alkyl halides is 3. The van der Waals surface area contributed by atoms with Crippen molar-refractivity contribution in [3.8, 4) is 0 Å². The summed E-state index contributed by atoms with van der Waals surface area (Å²) in [6, 6.07) is 9.93. The second-order valence-corrected chi connectivity index (χ2v) is 6.00. The van der Waals surface area contributed by atoms with Gasteiger partial charge in [-0.25, -0.2) is 4.79 Å². The lowest BCUT2D eigenvalue weighted by Gasteiger charge is -2.14. The monoisotopic (exact) mass is 396 g/mol. The van der Waals surface area contributed by atoms with Gasteiger partial charge in [0.1, 0.15) is 0 Å². The third-order valence-corrected chi connectivity index (χ3v) is 3.94. The number of ether oxygens (including phenoxy) is 1. The number of hydrogen-bond acceptors (Lipinski definition) is 3. The first-order valence-electron chi connectivity index (χ1n) is 7.65. The summed E-state index contributed by atoms with van der Waals surface area (Å²) in [5.74, 6) is -1.68. The van der Waals surface area contributed by atoms with Crippen LogP contribution in [0.1, 0.15) is 15.9 Å². The van der Waals surface area contributed by atoms with Crippen molar-refractivity contribution in [2.24, 2.45) is 0 Å². The first-order chi connectivity index (χ1) is 12.8. The summed E-state index contributed by atoms with van der Waals surface area (Å²) in [6.07, 6.45) is -3.26. The molecule has 140 valence electrons. The summed E-state index contributed by atoms with van der Waals surface area (Å²) in [5.41, 5.74) is -0.628. The van der Waals surface area contributed by atoms with E-state index in [2.05, 4.69) is 10.3 Å². The van der Waals surface area contributed by atoms with E-state index in [-0.39, 0.29) is 10.6 Å². The van der Waals surface area contributed by atoms with Crippen LogP contribution in [0.5, 0.6) is 0 Å². The van der Waals surface area contributed by atoms with Gasteiger partial charge in [-0.05, 0) is 24.3 Å². The summed E-state index contributed by atoms with van der Waals surface area (Å²) in [5, 5.41) is 2.57. The summed E-state index contributed by atoms with van der Waals surface area (Å²) < 4.78 is 44.0. The highest BCUT2D eigenvalue weighted by atomic mass is 35.5. The van der Waals surface area contributed by atoms with Crippen molar-refractivity contribution < 1.29 is 27.5 Å². The van der Waals surface area contributed by atoms with Gasteiger partial charge >= 0.3 is 12.1 Å². The molecule has 0 unspecified atom stereocenters. The summed E-state index contributed by atoms with van der Waals surface area (Å²) in [7, 11) is 0. The number of halogens is 4. The summed E-state index contributed by atoms with van der Waals surface area (Å²) in [6.45, 7) is -0.738. The smallest absolute Gasteiger partial charge is 0.418 e. The van der Waals surface area contributed by atoms with Crippen LogP contribution in [0.15, 0.2) is 48.7 Å². The third-order valence-electron chi connectivity index (χ3n) is 3.70. The van der Waals surface area contributed by atoms with Crippen LogP contribution in [0.4, 0.5) is 18.9 Å². The number of benzene rings is 2. The second-order valence-electron chi connectivity index (χ2n) is 5.56. The minimum Gasteiger partial charge on any atom is -0.452 e. The van der Waals surface area contributed by atoms with Crippen molar-refractivity contribution in [2.75, 3.05) is 11.9 Å². The highest BCUT2D eigenvalue weighted by Crippen LogP contribution is 2.36. The topological polar surface area (TPSA) is 71.2 Å². The number of aromatic nitrogens is 1. The molecule has 1 heterocycles. The molecular formula is C18H12ClF3N2O3. The Bertz CT molecular complexity index is 1010. The molecule has 0 aliphatic carbocycles. The molecule has 27 heavy (non-hydrogen) atoms. The predicted molar refractivity (Wildman–Crippen MR) is 93.7 cm³/mol. The fourth-order valence-corrected chi connectivity index (χ4v) is 2.67. The molecule has 3 aromatic rings. The molecular weight excluding hydrogens is 385 g/mol. The van der Waals surface area contributed by atoms with Crippen LogP contribution < -0.4 is 5.32 Å². The lowest BCUT2D eigenvalue weighted by atomic mass is 10.1. The lowest BCUT2D eigenvalue weighted by molar-refractivity contribution is -0.137. The van der Waals surface area contributed by atoms with Gasteiger partial charge in [0.15, 0.2) is 6.61 Å². The standard InChI is InChI=1S/C18H12ClF3N2O3/c19-10-5-6-15(13(7-10)18(20,21)22)24-16(25)9-27-17(26)12-8-23-14-4-2-1-3-11(12)14/h1-8,23H,9H2,(H,24,25). The number of nitrogens with one attached hydrogen (secondary N) is 2. The van der Waals surface area contributed by atoms with Gasteiger partial charge in [-0.15, -0.1) is 0 Å². The number of anilines is 1. The van der Waals surface area contributed by atoms with E-state index < -0.39 is 35.9 Å². The molecule has 0 aliphatic heterocycles. The van der Waals surface area contributed by atoms with Gasteiger partial charge in [0.2, 0.25) is 0 Å². The van der Waals surface area contributed by atoms with Crippen molar-refractivity contribution in [3.05, 3.63) is 64.8 Å². The first-order valence-corrected chi connectivity index (χ1v) is 8.03. The molecule has 5 nitrogen and oxygen atoms in total. The van der Waals surface area contributed by atoms with E-state index in [1.807, 2.05) is 0 Å². The number of carbonyl (C=O) groups excluding carboxylic acids is 2. The zero-order valence-electron chi connectivity index (χ0n) is 13.6. The number of hydrogen-bond donors (Lipinski definition) is 2. The third kappa shape index (κ3) is 4.22. The van der Waals surface area contributed by atoms with E-state index >= 15 is 0 Å². The molecule has 0 spiro atoms. The van der Waals surface area contributed by atoms with E-state index in [9.17, 15) is 22.8 Å². The van der Waals surface area contributed by atoms with E-state index in [0.29, 0.717) is 17.0 Å². The van der Waals surface area contributed by atoms with Crippen molar-refractivity contribution in [2.45, 2.75) is 6.18 Å². The maximum Gasteiger partial charge on any atom is 0.418 e. The van der Waals surface area contributed by atoms with Crippen molar-refractivity contribution in [1.82, 2.24) is 4.98 Å². The van der Waals surface area contributed by atoms with Crippen LogP contribution in [0.3, 0.4) is 0 Å². The molecule has 0 aliphatic rings. The Kier molecular flexibility index (Phi) is 5.09. The molecule has 9 heteroatoms. The molecule has 0 fully saturated rings. The van der Waals surface area contributed by atoms with Crippen LogP contribution >= 0.6 is 11.6 Å². The summed E-state index contributed by atoms with van der Waals surface area (Å²) >= 11 is 5.58. The van der Waals surface area contributed by atoms with Crippen LogP contribution in [-0.4, -0.2) is 23.5 Å². The van der Waals surface area contributed by atoms with Crippen LogP contribution in [0.25, 0.3) is 10.9 Å². The highest BCUT2D eigenvalue weighted by Gasteiger charge is 2.34. The molecule has 1 aromatic heterocycles. The predicted octanol–water partition coefficient (Wildman–Crippen LogP) is 4.64. The Morgan fingerprint density at radius 1 is 1.15 bits per heavy atom. The highest BCUT2D eigenvalue weighted by molar-refractivity contribution is 6.30. The van der Waals surface area contributed by atoms with Crippen molar-refractivity contribution in [3.63, 3.8) is 0 Å². The van der Waals surface area contributed by atoms with Gasteiger partial charge in [0.25, 0.3) is 5.91 Å². The Labute approximate surface area is 156 Å². The van der Waals surface area contributed by atoms with Gasteiger partial charge in [0, 0.05) is 22.1 Å². The molecule has 2 N–H and O–H groups in total. The molecule has 0 saturated carbocycles. The van der Waals surface area contributed by atoms with Crippen molar-refractivity contribution in [1.29, 1.82) is 0 Å². The zero-order valence-corrected chi connectivity index (χ0v) is 14.3. The normalized spacial score (nSPS) is 11.4. The average molecular weight is 397 g/mol. The second kappa shape index (κ2) is 7.32. The van der Waals surface area contributed by atoms with Gasteiger partial charge < -0.3 is 15.0 Å². The largest absolute Gasteiger partial charge is 0.452 e. The summed E-state index contributed by atoms with van der Waals surface area (Å²) in [4.78, 5) is 26.9. The maximum absolute atomic E-state index is 13.0. The molecule has 0 atom stereocenters. The number of H-pyrrole nitrogens is 1. The molecule has 2 aromatic carbocycles. The molecule has 0 bridgehead atoms. The van der Waals surface area contributed by atoms with Gasteiger partial charge in [-0.3, -0.25) is 4.79 Å². The fourth-order valence-electron chi connectivity index (χ4n) is 2.50. The first kappa shape index (κ1) is 18.8. The number of amides is 1. The Balaban J connectivity index is 1.68. The SMILES string of the molecule is O=C(COC(=O)c1c[nH]c2ccccc12)Nc1ccc(Cl)cc1C(F)(F)F. The molecule has 1 amide bonds. The van der Waals surface area contributed by atoms with E-state index in [1.165, 1.54) is 12.3 Å². The quantitative estimate of drug-likeness (QED) is 0.631. The minimum absolute atomic E-state index is 0.119. The minimum atomic E-state index is -4.70. The van der Waals surface area contributed by atoms with Crippen LogP contribution in [0.2, 0.25) is 5.02 Å². The van der Waals surface area contributed by atoms with Crippen LogP contribution in [0, 0.1) is 0 Å². The Morgan fingerprint density at radius 3 is 2.63 bits per heavy atom. The number of aromatic amines is 1. The van der Waals surface area contributed by atoms with Gasteiger partial charge in [-0.2, -0.15) is 13.2 Å². The van der Waals surface area contributed by atoms with Crippen molar-refractivity contribution >= 4 is 40.1 Å². The number of rotatable bonds is 4.